The molecular formula is C24H32N4O. The zero-order chi connectivity index (χ0) is 20.0. The van der Waals surface area contributed by atoms with Gasteiger partial charge >= 0.3 is 0 Å². The van der Waals surface area contributed by atoms with Gasteiger partial charge in [0.1, 0.15) is 5.69 Å². The number of carbonyl (C=O) groups excluding carboxylic acids is 1. The summed E-state index contributed by atoms with van der Waals surface area (Å²) in [6.07, 6.45) is 7.66. The van der Waals surface area contributed by atoms with Gasteiger partial charge in [-0.15, -0.1) is 0 Å². The monoisotopic (exact) mass is 392 g/mol. The van der Waals surface area contributed by atoms with Crippen LogP contribution in [0.5, 0.6) is 0 Å². The van der Waals surface area contributed by atoms with Crippen LogP contribution in [0.1, 0.15) is 66.3 Å². The SMILES string of the molecule is Cc1cc(C(=O)N2CCC(N3CC4(CCCC4)C3c3ccccc3)CC2)n(C)n1. The molecule has 3 fully saturated rings. The van der Waals surface area contributed by atoms with Gasteiger partial charge in [-0.2, -0.15) is 5.10 Å². The smallest absolute Gasteiger partial charge is 0.272 e. The highest BCUT2D eigenvalue weighted by Gasteiger charge is 2.55. The number of piperidine rings is 1. The van der Waals surface area contributed by atoms with Crippen molar-refractivity contribution in [3.63, 3.8) is 0 Å². The summed E-state index contributed by atoms with van der Waals surface area (Å²) in [5, 5.41) is 4.34. The third-order valence-electron chi connectivity index (χ3n) is 7.57. The van der Waals surface area contributed by atoms with Crippen molar-refractivity contribution in [2.24, 2.45) is 12.5 Å². The lowest BCUT2D eigenvalue weighted by atomic mass is 9.66. The van der Waals surface area contributed by atoms with Crippen LogP contribution in [0.4, 0.5) is 0 Å². The summed E-state index contributed by atoms with van der Waals surface area (Å²) < 4.78 is 1.72. The Morgan fingerprint density at radius 2 is 1.79 bits per heavy atom. The minimum Gasteiger partial charge on any atom is -0.337 e. The first-order valence-electron chi connectivity index (χ1n) is 11.2. The van der Waals surface area contributed by atoms with Crippen molar-refractivity contribution in [2.75, 3.05) is 19.6 Å². The Hall–Kier alpha value is -2.14. The van der Waals surface area contributed by atoms with Crippen LogP contribution in [0.3, 0.4) is 0 Å². The van der Waals surface area contributed by atoms with Crippen LogP contribution in [0.2, 0.25) is 0 Å². The highest BCUT2D eigenvalue weighted by molar-refractivity contribution is 5.92. The molecule has 5 rings (SSSR count). The molecule has 5 nitrogen and oxygen atoms in total. The molecule has 1 aliphatic carbocycles. The quantitative estimate of drug-likeness (QED) is 0.794. The molecule has 1 saturated carbocycles. The molecule has 1 aromatic heterocycles. The van der Waals surface area contributed by atoms with Crippen LogP contribution in [0.25, 0.3) is 0 Å². The maximum absolute atomic E-state index is 12.9. The van der Waals surface area contributed by atoms with Crippen LogP contribution in [-0.4, -0.2) is 51.2 Å². The van der Waals surface area contributed by atoms with Crippen LogP contribution in [0.15, 0.2) is 36.4 Å². The van der Waals surface area contributed by atoms with E-state index in [2.05, 4.69) is 40.3 Å². The van der Waals surface area contributed by atoms with Gasteiger partial charge in [-0.3, -0.25) is 14.4 Å². The second-order valence-electron chi connectivity index (χ2n) is 9.37. The Labute approximate surface area is 173 Å². The number of aromatic nitrogens is 2. The molecule has 154 valence electrons. The molecule has 3 aliphatic rings. The summed E-state index contributed by atoms with van der Waals surface area (Å²) in [4.78, 5) is 17.7. The summed E-state index contributed by atoms with van der Waals surface area (Å²) in [5.74, 6) is 0.127. The topological polar surface area (TPSA) is 41.4 Å². The molecule has 29 heavy (non-hydrogen) atoms. The largest absolute Gasteiger partial charge is 0.337 e. The number of likely N-dealkylation sites (tertiary alicyclic amines) is 2. The molecule has 0 radical (unpaired) electrons. The van der Waals surface area contributed by atoms with Crippen LogP contribution in [0, 0.1) is 12.3 Å². The standard InChI is InChI=1S/C24H32N4O/c1-18-16-21(26(2)25-18)23(29)27-14-10-20(11-15-27)28-17-24(12-6-7-13-24)22(28)19-8-4-3-5-9-19/h3-5,8-9,16,20,22H,6-7,10-15,17H2,1-2H3. The molecule has 1 aromatic carbocycles. The van der Waals surface area contributed by atoms with E-state index >= 15 is 0 Å². The maximum atomic E-state index is 12.9. The number of amides is 1. The van der Waals surface area contributed by atoms with Gasteiger partial charge in [0.15, 0.2) is 0 Å². The van der Waals surface area contributed by atoms with Crippen molar-refractivity contribution in [1.82, 2.24) is 19.6 Å². The summed E-state index contributed by atoms with van der Waals surface area (Å²) in [5.41, 5.74) is 3.60. The van der Waals surface area contributed by atoms with Gasteiger partial charge in [-0.25, -0.2) is 0 Å². The Morgan fingerprint density at radius 3 is 2.41 bits per heavy atom. The van der Waals surface area contributed by atoms with Gasteiger partial charge in [0.2, 0.25) is 0 Å². The fraction of sp³-hybridized carbons (Fsp3) is 0.583. The van der Waals surface area contributed by atoms with Gasteiger partial charge in [-0.1, -0.05) is 43.2 Å². The van der Waals surface area contributed by atoms with Crippen molar-refractivity contribution in [3.8, 4) is 0 Å². The summed E-state index contributed by atoms with van der Waals surface area (Å²) >= 11 is 0. The van der Waals surface area contributed by atoms with Crippen LogP contribution < -0.4 is 0 Å². The Balaban J connectivity index is 1.28. The summed E-state index contributed by atoms with van der Waals surface area (Å²) in [6, 6.07) is 14.2. The van der Waals surface area contributed by atoms with Crippen LogP contribution >= 0.6 is 0 Å². The molecule has 2 aliphatic heterocycles. The number of hydrogen-bond donors (Lipinski definition) is 0. The molecule has 2 aromatic rings. The first-order valence-corrected chi connectivity index (χ1v) is 11.2. The zero-order valence-electron chi connectivity index (χ0n) is 17.7. The van der Waals surface area contributed by atoms with Crippen molar-refractivity contribution in [3.05, 3.63) is 53.3 Å². The van der Waals surface area contributed by atoms with E-state index in [-0.39, 0.29) is 5.91 Å². The predicted octanol–water partition coefficient (Wildman–Crippen LogP) is 3.95. The lowest BCUT2D eigenvalue weighted by Crippen LogP contribution is -2.62. The van der Waals surface area contributed by atoms with Gasteiger partial charge in [0, 0.05) is 44.2 Å². The Bertz CT molecular complexity index is 876. The van der Waals surface area contributed by atoms with E-state index in [1.807, 2.05) is 24.9 Å². The summed E-state index contributed by atoms with van der Waals surface area (Å²) in [7, 11) is 1.86. The molecule has 0 bridgehead atoms. The molecule has 1 unspecified atom stereocenters. The van der Waals surface area contributed by atoms with Crippen LogP contribution in [-0.2, 0) is 7.05 Å². The molecule has 2 saturated heterocycles. The normalized spacial score (nSPS) is 24.8. The highest BCUT2D eigenvalue weighted by Crippen LogP contribution is 2.59. The van der Waals surface area contributed by atoms with Gasteiger partial charge < -0.3 is 4.90 Å². The minimum atomic E-state index is 0.127. The molecular weight excluding hydrogens is 360 g/mol. The van der Waals surface area contributed by atoms with Crippen molar-refractivity contribution < 1.29 is 4.79 Å². The van der Waals surface area contributed by atoms with Gasteiger partial charge in [0.25, 0.3) is 5.91 Å². The highest BCUT2D eigenvalue weighted by atomic mass is 16.2. The minimum absolute atomic E-state index is 0.127. The van der Waals surface area contributed by atoms with E-state index in [0.29, 0.717) is 23.2 Å². The third-order valence-corrected chi connectivity index (χ3v) is 7.57. The average molecular weight is 393 g/mol. The lowest BCUT2D eigenvalue weighted by Gasteiger charge is -2.60. The number of carbonyl (C=O) groups is 1. The molecule has 1 amide bonds. The lowest BCUT2D eigenvalue weighted by molar-refractivity contribution is -0.111. The first-order chi connectivity index (χ1) is 14.1. The Morgan fingerprint density at radius 1 is 1.10 bits per heavy atom. The molecule has 3 heterocycles. The van der Waals surface area contributed by atoms with E-state index in [4.69, 9.17) is 0 Å². The number of nitrogens with zero attached hydrogens (tertiary/aromatic N) is 4. The van der Waals surface area contributed by atoms with Crippen molar-refractivity contribution >= 4 is 5.91 Å². The third kappa shape index (κ3) is 3.20. The van der Waals surface area contributed by atoms with E-state index in [9.17, 15) is 4.79 Å². The number of aryl methyl sites for hydroxylation is 2. The number of hydrogen-bond acceptors (Lipinski definition) is 3. The summed E-state index contributed by atoms with van der Waals surface area (Å²) in [6.45, 7) is 4.87. The van der Waals surface area contributed by atoms with E-state index in [1.165, 1.54) is 37.8 Å². The van der Waals surface area contributed by atoms with Gasteiger partial charge in [-0.05, 0) is 44.2 Å². The fourth-order valence-corrected chi connectivity index (χ4v) is 6.19. The first kappa shape index (κ1) is 18.9. The second kappa shape index (κ2) is 7.28. The predicted molar refractivity (Wildman–Crippen MR) is 114 cm³/mol. The molecule has 1 spiro atoms. The van der Waals surface area contributed by atoms with E-state index in [1.54, 1.807) is 4.68 Å². The van der Waals surface area contributed by atoms with E-state index in [0.717, 1.165) is 31.6 Å². The fourth-order valence-electron chi connectivity index (χ4n) is 6.19. The van der Waals surface area contributed by atoms with Crippen molar-refractivity contribution in [1.29, 1.82) is 0 Å². The number of rotatable bonds is 3. The maximum Gasteiger partial charge on any atom is 0.272 e. The number of benzene rings is 1. The zero-order valence-corrected chi connectivity index (χ0v) is 17.7. The molecule has 0 N–H and O–H groups in total. The molecule has 5 heteroatoms. The van der Waals surface area contributed by atoms with Gasteiger partial charge in [0.05, 0.1) is 5.69 Å². The van der Waals surface area contributed by atoms with Crippen molar-refractivity contribution in [2.45, 2.75) is 57.5 Å². The average Bonchev–Trinajstić information content (AvgIpc) is 3.34. The molecule has 1 atom stereocenters. The second-order valence-corrected chi connectivity index (χ2v) is 9.37. The van der Waals surface area contributed by atoms with E-state index < -0.39 is 0 Å². The Kier molecular flexibility index (Phi) is 4.73.